The molecule has 0 spiro atoms. The molecule has 1 aromatic rings. The molecule has 2 rings (SSSR count). The van der Waals surface area contributed by atoms with E-state index in [2.05, 4.69) is 0 Å². The number of amides is 1. The summed E-state index contributed by atoms with van der Waals surface area (Å²) >= 11 is 0. The van der Waals surface area contributed by atoms with Gasteiger partial charge >= 0.3 is 6.18 Å². The Kier molecular flexibility index (Phi) is 5.11. The number of hydrogen-bond donors (Lipinski definition) is 0. The van der Waals surface area contributed by atoms with E-state index in [1.165, 1.54) is 11.0 Å². The van der Waals surface area contributed by atoms with Gasteiger partial charge in [-0.3, -0.25) is 4.79 Å². The third-order valence-corrected chi connectivity index (χ3v) is 3.89. The minimum atomic E-state index is -4.45. The van der Waals surface area contributed by atoms with Crippen LogP contribution in [0.2, 0.25) is 0 Å². The molecule has 0 aliphatic carbocycles. The zero-order valence-electron chi connectivity index (χ0n) is 12.7. The first kappa shape index (κ1) is 16.8. The van der Waals surface area contributed by atoms with Crippen molar-refractivity contribution in [3.8, 4) is 0 Å². The smallest absolute Gasteiger partial charge is 0.376 e. The number of likely N-dealkylation sites (N-methyl/N-ethyl adjacent to an activating group) is 1. The molecule has 0 N–H and O–H groups in total. The molecule has 1 heterocycles. The third kappa shape index (κ3) is 4.00. The number of carbonyl (C=O) groups excluding carboxylic acids is 1. The van der Waals surface area contributed by atoms with Crippen molar-refractivity contribution in [1.82, 2.24) is 4.90 Å². The number of hydrogen-bond acceptors (Lipinski definition) is 2. The van der Waals surface area contributed by atoms with Crippen molar-refractivity contribution in [2.75, 3.05) is 20.2 Å². The summed E-state index contributed by atoms with van der Waals surface area (Å²) in [6.45, 7) is 2.71. The van der Waals surface area contributed by atoms with Crippen molar-refractivity contribution in [2.45, 2.75) is 38.5 Å². The zero-order chi connectivity index (χ0) is 16.3. The maximum absolute atomic E-state index is 12.8. The first-order valence-corrected chi connectivity index (χ1v) is 7.34. The minimum Gasteiger partial charge on any atom is -0.376 e. The number of carbonyl (C=O) groups is 1. The summed E-state index contributed by atoms with van der Waals surface area (Å²) < 4.78 is 43.9. The van der Waals surface area contributed by atoms with Crippen LogP contribution >= 0.6 is 0 Å². The van der Waals surface area contributed by atoms with E-state index in [4.69, 9.17) is 4.74 Å². The summed E-state index contributed by atoms with van der Waals surface area (Å²) in [5, 5.41) is 0. The van der Waals surface area contributed by atoms with Gasteiger partial charge in [0, 0.05) is 25.8 Å². The normalized spacial score (nSPS) is 19.0. The van der Waals surface area contributed by atoms with Crippen molar-refractivity contribution in [3.63, 3.8) is 0 Å². The highest BCUT2D eigenvalue weighted by atomic mass is 19.4. The van der Waals surface area contributed by atoms with Gasteiger partial charge in [0.15, 0.2) is 0 Å². The molecule has 0 aromatic heterocycles. The standard InChI is InChI=1S/C16H20F3NO2/c1-11-6-7-12(16(17,18)19)9-14(11)15(21)20(2)10-13-5-3-4-8-22-13/h6-7,9,13H,3-5,8,10H2,1-2H3/t13-/m0/s1. The van der Waals surface area contributed by atoms with Crippen LogP contribution in [0.5, 0.6) is 0 Å². The number of nitrogens with zero attached hydrogens (tertiary/aromatic N) is 1. The van der Waals surface area contributed by atoms with Gasteiger partial charge in [-0.25, -0.2) is 0 Å². The van der Waals surface area contributed by atoms with Crippen molar-refractivity contribution in [1.29, 1.82) is 0 Å². The lowest BCUT2D eigenvalue weighted by Gasteiger charge is -2.28. The summed E-state index contributed by atoms with van der Waals surface area (Å²) in [6.07, 6.45) is -1.54. The van der Waals surface area contributed by atoms with Gasteiger partial charge in [0.2, 0.25) is 0 Å². The fourth-order valence-electron chi connectivity index (χ4n) is 2.57. The van der Waals surface area contributed by atoms with E-state index in [1.807, 2.05) is 0 Å². The molecule has 0 bridgehead atoms. The van der Waals surface area contributed by atoms with E-state index >= 15 is 0 Å². The Hall–Kier alpha value is -1.56. The Balaban J connectivity index is 2.13. The summed E-state index contributed by atoms with van der Waals surface area (Å²) in [5.41, 5.74) is -0.175. The minimum absolute atomic E-state index is 0.0335. The van der Waals surface area contributed by atoms with Gasteiger partial charge in [-0.1, -0.05) is 6.07 Å². The topological polar surface area (TPSA) is 29.5 Å². The second-order valence-corrected chi connectivity index (χ2v) is 5.70. The highest BCUT2D eigenvalue weighted by Crippen LogP contribution is 2.30. The zero-order valence-corrected chi connectivity index (χ0v) is 12.7. The average molecular weight is 315 g/mol. The highest BCUT2D eigenvalue weighted by molar-refractivity contribution is 5.95. The molecule has 3 nitrogen and oxygen atoms in total. The lowest BCUT2D eigenvalue weighted by molar-refractivity contribution is -0.137. The molecular formula is C16H20F3NO2. The number of alkyl halides is 3. The molecule has 1 saturated heterocycles. The van der Waals surface area contributed by atoms with Crippen LogP contribution in [0.4, 0.5) is 13.2 Å². The number of ether oxygens (including phenoxy) is 1. The fraction of sp³-hybridized carbons (Fsp3) is 0.562. The molecule has 1 fully saturated rings. The molecule has 0 radical (unpaired) electrons. The van der Waals surface area contributed by atoms with Gasteiger partial charge in [-0.15, -0.1) is 0 Å². The van der Waals surface area contributed by atoms with E-state index < -0.39 is 17.6 Å². The van der Waals surface area contributed by atoms with Crippen LogP contribution in [0, 0.1) is 6.92 Å². The van der Waals surface area contributed by atoms with Crippen LogP contribution in [0.25, 0.3) is 0 Å². The summed E-state index contributed by atoms with van der Waals surface area (Å²) in [7, 11) is 1.60. The number of benzene rings is 1. The first-order valence-electron chi connectivity index (χ1n) is 7.34. The number of rotatable bonds is 3. The van der Waals surface area contributed by atoms with E-state index in [-0.39, 0.29) is 11.7 Å². The molecule has 122 valence electrons. The number of aryl methyl sites for hydroxylation is 1. The van der Waals surface area contributed by atoms with Crippen molar-refractivity contribution in [3.05, 3.63) is 34.9 Å². The van der Waals surface area contributed by atoms with Crippen molar-refractivity contribution < 1.29 is 22.7 Å². The third-order valence-electron chi connectivity index (χ3n) is 3.89. The molecule has 0 unspecified atom stereocenters. The number of halogens is 3. The molecule has 22 heavy (non-hydrogen) atoms. The lowest BCUT2D eigenvalue weighted by atomic mass is 10.0. The quantitative estimate of drug-likeness (QED) is 0.852. The predicted molar refractivity (Wildman–Crippen MR) is 76.7 cm³/mol. The summed E-state index contributed by atoms with van der Waals surface area (Å²) in [4.78, 5) is 13.9. The fourth-order valence-corrected chi connectivity index (χ4v) is 2.57. The Labute approximate surface area is 128 Å². The van der Waals surface area contributed by atoms with Gasteiger partial charge in [0.1, 0.15) is 0 Å². The molecule has 6 heteroatoms. The van der Waals surface area contributed by atoms with Gasteiger partial charge in [-0.2, -0.15) is 13.2 Å². The van der Waals surface area contributed by atoms with E-state index in [1.54, 1.807) is 14.0 Å². The predicted octanol–water partition coefficient (Wildman–Crippen LogP) is 3.65. The Bertz CT molecular complexity index is 537. The van der Waals surface area contributed by atoms with Gasteiger partial charge in [0.25, 0.3) is 5.91 Å². The molecule has 1 aromatic carbocycles. The molecule has 1 atom stereocenters. The molecular weight excluding hydrogens is 295 g/mol. The molecule has 1 aliphatic heterocycles. The summed E-state index contributed by atoms with van der Waals surface area (Å²) in [6, 6.07) is 3.26. The first-order chi connectivity index (χ1) is 10.3. The van der Waals surface area contributed by atoms with Crippen LogP contribution < -0.4 is 0 Å². The second kappa shape index (κ2) is 6.69. The van der Waals surface area contributed by atoms with Crippen LogP contribution in [0.1, 0.15) is 40.7 Å². The molecule has 1 aliphatic rings. The van der Waals surface area contributed by atoms with Gasteiger partial charge in [-0.05, 0) is 43.9 Å². The van der Waals surface area contributed by atoms with E-state index in [0.717, 1.165) is 31.4 Å². The highest BCUT2D eigenvalue weighted by Gasteiger charge is 2.32. The van der Waals surface area contributed by atoms with Crippen LogP contribution in [-0.4, -0.2) is 37.1 Å². The monoisotopic (exact) mass is 315 g/mol. The molecule has 0 saturated carbocycles. The van der Waals surface area contributed by atoms with Crippen LogP contribution in [-0.2, 0) is 10.9 Å². The maximum Gasteiger partial charge on any atom is 0.416 e. The Morgan fingerprint density at radius 1 is 1.36 bits per heavy atom. The summed E-state index contributed by atoms with van der Waals surface area (Å²) in [5.74, 6) is -0.405. The van der Waals surface area contributed by atoms with Gasteiger partial charge in [0.05, 0.1) is 11.7 Å². The SMILES string of the molecule is Cc1ccc(C(F)(F)F)cc1C(=O)N(C)C[C@@H]1CCCCO1. The molecule has 1 amide bonds. The Morgan fingerprint density at radius 2 is 2.09 bits per heavy atom. The average Bonchev–Trinajstić information content (AvgIpc) is 2.46. The van der Waals surface area contributed by atoms with Gasteiger partial charge < -0.3 is 9.64 Å². The van der Waals surface area contributed by atoms with Crippen molar-refractivity contribution >= 4 is 5.91 Å². The van der Waals surface area contributed by atoms with Crippen LogP contribution in [0.3, 0.4) is 0 Å². The van der Waals surface area contributed by atoms with Crippen molar-refractivity contribution in [2.24, 2.45) is 0 Å². The van der Waals surface area contributed by atoms with E-state index in [0.29, 0.717) is 18.7 Å². The van der Waals surface area contributed by atoms with Crippen LogP contribution in [0.15, 0.2) is 18.2 Å². The maximum atomic E-state index is 12.8. The second-order valence-electron chi connectivity index (χ2n) is 5.70. The lowest BCUT2D eigenvalue weighted by Crippen LogP contribution is -2.37. The Morgan fingerprint density at radius 3 is 2.68 bits per heavy atom. The van der Waals surface area contributed by atoms with E-state index in [9.17, 15) is 18.0 Å². The largest absolute Gasteiger partial charge is 0.416 e.